The Balaban J connectivity index is 1.57. The molecule has 0 saturated carbocycles. The first-order valence-corrected chi connectivity index (χ1v) is 22.1. The summed E-state index contributed by atoms with van der Waals surface area (Å²) in [5, 5.41) is 12.1. The van der Waals surface area contributed by atoms with Crippen LogP contribution in [0.1, 0.15) is 92.9 Å². The fourth-order valence-electron chi connectivity index (χ4n) is 8.00. The topological polar surface area (TPSA) is 299 Å². The number of hydrogen-bond acceptors (Lipinski definition) is 15. The predicted octanol–water partition coefficient (Wildman–Crippen LogP) is 4.19. The third kappa shape index (κ3) is 12.1. The van der Waals surface area contributed by atoms with E-state index in [1.54, 1.807) is 43.3 Å². The van der Waals surface area contributed by atoms with E-state index in [2.05, 4.69) is 36.1 Å². The lowest BCUT2D eigenvalue weighted by atomic mass is 9.86. The molecule has 17 heteroatoms. The first-order valence-electron chi connectivity index (χ1n) is 22.1. The molecular weight excluding hydrogens is 841 g/mol. The summed E-state index contributed by atoms with van der Waals surface area (Å²) in [4.78, 5) is 80.9. The first kappa shape index (κ1) is 50.3. The van der Waals surface area contributed by atoms with Gasteiger partial charge < -0.3 is 48.4 Å². The maximum atomic E-state index is 14.8. The van der Waals surface area contributed by atoms with Crippen molar-refractivity contribution in [2.75, 3.05) is 51.4 Å². The Bertz CT molecular complexity index is 2440. The van der Waals surface area contributed by atoms with E-state index in [0.717, 1.165) is 5.56 Å². The largest absolute Gasteiger partial charge is 0.492 e. The van der Waals surface area contributed by atoms with Crippen LogP contribution in [0.3, 0.4) is 0 Å². The third-order valence-electron chi connectivity index (χ3n) is 11.6. The monoisotopic (exact) mass is 902 g/mol. The number of ketones is 3. The minimum absolute atomic E-state index is 0.0196. The van der Waals surface area contributed by atoms with E-state index in [-0.39, 0.29) is 106 Å². The van der Waals surface area contributed by atoms with Gasteiger partial charge in [-0.15, -0.1) is 0 Å². The molecule has 11 N–H and O–H groups in total. The maximum Gasteiger partial charge on any atom is 0.226 e. The summed E-state index contributed by atoms with van der Waals surface area (Å²) < 4.78 is 12.2. The molecule has 0 fully saturated rings. The van der Waals surface area contributed by atoms with Crippen molar-refractivity contribution in [1.82, 2.24) is 20.2 Å². The van der Waals surface area contributed by atoms with Crippen LogP contribution < -0.4 is 43.5 Å². The van der Waals surface area contributed by atoms with Crippen molar-refractivity contribution in [1.29, 1.82) is 5.26 Å². The molecule has 0 aliphatic carbocycles. The van der Waals surface area contributed by atoms with Gasteiger partial charge in [0.2, 0.25) is 11.8 Å². The number of carbonyl (C=O) groups excluding carboxylic acids is 5. The number of nitrogens with one attached hydrogen (secondary N) is 1. The SMILES string of the molecule is C[C@@H]1CC(=O)[C@@H](N(C)C(=O)[C@H](CCN)CC(=O)c2c(N)nc(-c3ccc(C(C)(C)C)cc3)nc2N)c2ccc(OCCN)c(c2)-c2cc(ccc2OCCN)C[C@@H](C(=O)CCC#N)NC1=O. The van der Waals surface area contributed by atoms with E-state index in [1.807, 2.05) is 30.3 Å². The Labute approximate surface area is 385 Å². The van der Waals surface area contributed by atoms with Crippen LogP contribution in [0.15, 0.2) is 60.7 Å². The number of likely N-dealkylation sites (N-methyl/N-ethyl adjacent to an activating group) is 1. The van der Waals surface area contributed by atoms with Gasteiger partial charge in [0.1, 0.15) is 48.0 Å². The van der Waals surface area contributed by atoms with E-state index >= 15 is 0 Å². The van der Waals surface area contributed by atoms with Crippen molar-refractivity contribution < 1.29 is 33.4 Å². The normalized spacial score (nSPS) is 16.9. The number of amides is 2. The van der Waals surface area contributed by atoms with Gasteiger partial charge in [0.15, 0.2) is 23.2 Å². The highest BCUT2D eigenvalue weighted by Crippen LogP contribution is 2.41. The number of anilines is 2. The fourth-order valence-corrected chi connectivity index (χ4v) is 8.00. The molecule has 4 aromatic rings. The molecule has 0 unspecified atom stereocenters. The van der Waals surface area contributed by atoms with Gasteiger partial charge in [-0.1, -0.05) is 64.1 Å². The van der Waals surface area contributed by atoms with E-state index < -0.39 is 47.3 Å². The average Bonchev–Trinajstić information content (AvgIpc) is 3.28. The zero-order chi connectivity index (χ0) is 48.3. The van der Waals surface area contributed by atoms with Crippen LogP contribution in [0.4, 0.5) is 11.6 Å². The number of Topliss-reactive ketones (excluding diaryl/α,β-unsaturated/α-hetero) is 3. The number of fused-ring (bicyclic) bond motifs is 5. The molecule has 2 heterocycles. The van der Waals surface area contributed by atoms with Crippen LogP contribution in [0.25, 0.3) is 22.5 Å². The van der Waals surface area contributed by atoms with Crippen molar-refractivity contribution in [3.8, 4) is 40.1 Å². The molecular formula is C49H62N10O7. The van der Waals surface area contributed by atoms with Crippen LogP contribution in [-0.2, 0) is 31.0 Å². The second kappa shape index (κ2) is 22.4. The minimum Gasteiger partial charge on any atom is -0.492 e. The standard InChI is InChI=1S/C49H62N10O7/c1-28-23-39(62)43(59(5)48(64)32(16-18-51)27-38(61)42-44(54)57-46(58-45(42)55)30-9-12-33(13-10-30)49(2,3)4)31-11-15-41(66-22-20-53)35(26-31)34-24-29(8-14-40(34)65-21-19-52)25-36(56-47(28)63)37(60)7-6-17-50/h8-15,24,26,28,32,36,43H,6-7,16,18-23,25,27,51-53H2,1-5H3,(H,56,63)(H4,54,55,57,58)/t28-,32-,36+,43+/m1/s1. The minimum atomic E-state index is -1.29. The van der Waals surface area contributed by atoms with E-state index in [1.165, 1.54) is 11.9 Å². The molecule has 1 aliphatic rings. The number of ether oxygens (including phenoxy) is 2. The highest BCUT2D eigenvalue weighted by molar-refractivity contribution is 6.06. The molecule has 4 bridgehead atoms. The van der Waals surface area contributed by atoms with Gasteiger partial charge in [-0.2, -0.15) is 5.26 Å². The molecule has 17 nitrogen and oxygen atoms in total. The highest BCUT2D eigenvalue weighted by Gasteiger charge is 2.37. The number of hydrogen-bond donors (Lipinski definition) is 6. The maximum absolute atomic E-state index is 14.8. The van der Waals surface area contributed by atoms with Gasteiger partial charge in [0.25, 0.3) is 0 Å². The number of nitrogens with zero attached hydrogens (tertiary/aromatic N) is 4. The Hall–Kier alpha value is -6.74. The lowest BCUT2D eigenvalue weighted by Gasteiger charge is -2.32. The van der Waals surface area contributed by atoms with Gasteiger partial charge in [-0.05, 0) is 65.8 Å². The molecule has 0 radical (unpaired) electrons. The van der Waals surface area contributed by atoms with Gasteiger partial charge in [0, 0.05) is 74.3 Å². The zero-order valence-electron chi connectivity index (χ0n) is 38.4. The van der Waals surface area contributed by atoms with Crippen molar-refractivity contribution >= 4 is 40.8 Å². The highest BCUT2D eigenvalue weighted by atomic mass is 16.5. The van der Waals surface area contributed by atoms with Crippen molar-refractivity contribution in [3.05, 3.63) is 82.9 Å². The lowest BCUT2D eigenvalue weighted by molar-refractivity contribution is -0.142. The van der Waals surface area contributed by atoms with Gasteiger partial charge in [-0.25, -0.2) is 9.97 Å². The molecule has 1 aliphatic heterocycles. The molecule has 350 valence electrons. The van der Waals surface area contributed by atoms with Crippen LogP contribution >= 0.6 is 0 Å². The number of benzene rings is 3. The Kier molecular flexibility index (Phi) is 17.1. The number of carbonyl (C=O) groups is 5. The van der Waals surface area contributed by atoms with Crippen LogP contribution in [0.2, 0.25) is 0 Å². The van der Waals surface area contributed by atoms with Crippen molar-refractivity contribution in [3.63, 3.8) is 0 Å². The summed E-state index contributed by atoms with van der Waals surface area (Å²) in [7, 11) is 1.46. The predicted molar refractivity (Wildman–Crippen MR) is 252 cm³/mol. The van der Waals surface area contributed by atoms with Crippen LogP contribution in [0, 0.1) is 23.2 Å². The Morgan fingerprint density at radius 1 is 0.879 bits per heavy atom. The number of nitrogen functional groups attached to an aromatic ring is 2. The number of nitrogens with two attached hydrogens (primary N) is 5. The smallest absolute Gasteiger partial charge is 0.226 e. The summed E-state index contributed by atoms with van der Waals surface area (Å²) in [6, 6.07) is 17.7. The summed E-state index contributed by atoms with van der Waals surface area (Å²) >= 11 is 0. The molecule has 1 aromatic heterocycles. The number of nitriles is 1. The van der Waals surface area contributed by atoms with Gasteiger partial charge >= 0.3 is 0 Å². The summed E-state index contributed by atoms with van der Waals surface area (Å²) in [6.07, 6.45) is -0.716. The lowest BCUT2D eigenvalue weighted by Crippen LogP contribution is -2.46. The van der Waals surface area contributed by atoms with Gasteiger partial charge in [0.05, 0.1) is 12.1 Å². The van der Waals surface area contributed by atoms with E-state index in [0.29, 0.717) is 39.3 Å². The average molecular weight is 903 g/mol. The zero-order valence-corrected chi connectivity index (χ0v) is 38.4. The second-order valence-corrected chi connectivity index (χ2v) is 17.6. The van der Waals surface area contributed by atoms with Gasteiger partial charge in [-0.3, -0.25) is 24.0 Å². The quantitative estimate of drug-likeness (QED) is 0.0810. The molecule has 0 spiro atoms. The summed E-state index contributed by atoms with van der Waals surface area (Å²) in [5.41, 5.74) is 34.1. The third-order valence-corrected chi connectivity index (χ3v) is 11.6. The molecule has 0 saturated heterocycles. The van der Waals surface area contributed by atoms with E-state index in [4.69, 9.17) is 38.1 Å². The first-order chi connectivity index (χ1) is 31.4. The van der Waals surface area contributed by atoms with Crippen molar-refractivity contribution in [2.24, 2.45) is 29.0 Å². The molecule has 2 amide bonds. The number of aromatic nitrogens is 2. The summed E-state index contributed by atoms with van der Waals surface area (Å²) in [5.74, 6) is -3.83. The fraction of sp³-hybridized carbons (Fsp3) is 0.429. The Morgan fingerprint density at radius 2 is 1.48 bits per heavy atom. The second-order valence-electron chi connectivity index (χ2n) is 17.6. The molecule has 3 aromatic carbocycles. The van der Waals surface area contributed by atoms with Crippen LogP contribution in [-0.4, -0.2) is 90.0 Å². The molecule has 5 rings (SSSR count). The molecule has 66 heavy (non-hydrogen) atoms. The van der Waals surface area contributed by atoms with Crippen LogP contribution in [0.5, 0.6) is 11.5 Å². The van der Waals surface area contributed by atoms with E-state index in [9.17, 15) is 29.2 Å². The number of rotatable bonds is 17. The summed E-state index contributed by atoms with van der Waals surface area (Å²) in [6.45, 7) is 8.58. The van der Waals surface area contributed by atoms with Crippen molar-refractivity contribution in [2.45, 2.75) is 83.7 Å². The molecule has 4 atom stereocenters. The Morgan fingerprint density at radius 3 is 2.06 bits per heavy atom.